The number of H-pyrrole nitrogens is 1. The van der Waals surface area contributed by atoms with E-state index in [-0.39, 0.29) is 16.2 Å². The molecule has 0 amide bonds. The smallest absolute Gasteiger partial charge is 0.406 e. The number of hydrogen-bond donors (Lipinski definition) is 2. The van der Waals surface area contributed by atoms with Crippen molar-refractivity contribution >= 4 is 56.4 Å². The van der Waals surface area contributed by atoms with Gasteiger partial charge in [0.2, 0.25) is 0 Å². The number of rotatable bonds is 3. The zero-order chi connectivity index (χ0) is 20.8. The SMILES string of the molecule is O=c1c2ccc(Nc3ccc(OC(F)(F)F)cc3)cc2[nH]c2cc(Cl)cc(Cl)c12. The summed E-state index contributed by atoms with van der Waals surface area (Å²) in [5.74, 6) is -0.314. The minimum atomic E-state index is -4.74. The molecule has 3 aromatic carbocycles. The Balaban J connectivity index is 1.69. The lowest BCUT2D eigenvalue weighted by molar-refractivity contribution is -0.274. The van der Waals surface area contributed by atoms with E-state index >= 15 is 0 Å². The molecule has 29 heavy (non-hydrogen) atoms. The topological polar surface area (TPSA) is 54.1 Å². The second-order valence-electron chi connectivity index (χ2n) is 6.22. The molecule has 0 aliphatic heterocycles. The van der Waals surface area contributed by atoms with Crippen molar-refractivity contribution in [3.05, 3.63) is 74.9 Å². The van der Waals surface area contributed by atoms with Crippen LogP contribution in [-0.2, 0) is 0 Å². The molecular weight excluding hydrogens is 428 g/mol. The highest BCUT2D eigenvalue weighted by Gasteiger charge is 2.30. The number of nitrogens with one attached hydrogen (secondary N) is 2. The van der Waals surface area contributed by atoms with Gasteiger partial charge in [0.15, 0.2) is 5.43 Å². The van der Waals surface area contributed by atoms with Crippen LogP contribution in [0.25, 0.3) is 21.8 Å². The zero-order valence-corrected chi connectivity index (χ0v) is 15.9. The molecule has 0 aliphatic carbocycles. The second-order valence-corrected chi connectivity index (χ2v) is 7.07. The maximum atomic E-state index is 12.8. The monoisotopic (exact) mass is 438 g/mol. The number of hydrogen-bond acceptors (Lipinski definition) is 3. The molecule has 0 fully saturated rings. The van der Waals surface area contributed by atoms with Crippen molar-refractivity contribution in [2.75, 3.05) is 5.32 Å². The zero-order valence-electron chi connectivity index (χ0n) is 14.4. The Morgan fingerprint density at radius 1 is 0.897 bits per heavy atom. The summed E-state index contributed by atoms with van der Waals surface area (Å²) in [5, 5.41) is 4.52. The number of fused-ring (bicyclic) bond motifs is 2. The van der Waals surface area contributed by atoms with Crippen molar-refractivity contribution in [1.29, 1.82) is 0 Å². The highest BCUT2D eigenvalue weighted by molar-refractivity contribution is 6.38. The van der Waals surface area contributed by atoms with Gasteiger partial charge in [0.05, 0.1) is 21.4 Å². The van der Waals surface area contributed by atoms with E-state index in [2.05, 4.69) is 15.0 Å². The summed E-state index contributed by atoms with van der Waals surface area (Å²) < 4.78 is 40.6. The Morgan fingerprint density at radius 2 is 1.59 bits per heavy atom. The van der Waals surface area contributed by atoms with Crippen molar-refractivity contribution in [1.82, 2.24) is 4.98 Å². The number of anilines is 2. The molecule has 9 heteroatoms. The molecule has 4 aromatic rings. The third kappa shape index (κ3) is 4.11. The van der Waals surface area contributed by atoms with E-state index in [0.717, 1.165) is 0 Å². The summed E-state index contributed by atoms with van der Waals surface area (Å²) >= 11 is 12.2. The molecule has 0 atom stereocenters. The predicted octanol–water partition coefficient (Wildman–Crippen LogP) is 6.63. The van der Waals surface area contributed by atoms with Crippen LogP contribution >= 0.6 is 23.2 Å². The fourth-order valence-electron chi connectivity index (χ4n) is 3.01. The average molecular weight is 439 g/mol. The van der Waals surface area contributed by atoms with Crippen molar-refractivity contribution in [3.63, 3.8) is 0 Å². The van der Waals surface area contributed by atoms with Crippen molar-refractivity contribution in [2.24, 2.45) is 0 Å². The van der Waals surface area contributed by atoms with E-state index in [1.807, 2.05) is 0 Å². The van der Waals surface area contributed by atoms with Crippen LogP contribution in [0, 0.1) is 0 Å². The lowest BCUT2D eigenvalue weighted by Crippen LogP contribution is -2.16. The van der Waals surface area contributed by atoms with Crippen LogP contribution in [0.15, 0.2) is 59.4 Å². The van der Waals surface area contributed by atoms with Gasteiger partial charge in [-0.3, -0.25) is 4.79 Å². The van der Waals surface area contributed by atoms with E-state index < -0.39 is 6.36 Å². The van der Waals surface area contributed by atoms with E-state index in [1.165, 1.54) is 30.3 Å². The van der Waals surface area contributed by atoms with Gasteiger partial charge in [0, 0.05) is 21.8 Å². The van der Waals surface area contributed by atoms with E-state index in [4.69, 9.17) is 23.2 Å². The Bertz CT molecular complexity index is 1290. The number of ether oxygens (including phenoxy) is 1. The normalized spacial score (nSPS) is 11.8. The van der Waals surface area contributed by atoms with Crippen molar-refractivity contribution in [2.45, 2.75) is 6.36 Å². The molecule has 148 valence electrons. The number of benzene rings is 3. The summed E-state index contributed by atoms with van der Waals surface area (Å²) in [7, 11) is 0. The Hall–Kier alpha value is -2.90. The third-order valence-corrected chi connectivity index (χ3v) is 4.71. The first-order valence-electron chi connectivity index (χ1n) is 8.27. The number of alkyl halides is 3. The first-order valence-corrected chi connectivity index (χ1v) is 9.03. The van der Waals surface area contributed by atoms with E-state index in [9.17, 15) is 18.0 Å². The summed E-state index contributed by atoms with van der Waals surface area (Å²) in [4.78, 5) is 15.9. The van der Waals surface area contributed by atoms with Gasteiger partial charge in [-0.25, -0.2) is 0 Å². The molecule has 2 N–H and O–H groups in total. The van der Waals surface area contributed by atoms with Crippen LogP contribution in [0.1, 0.15) is 0 Å². The minimum absolute atomic E-state index is 0.226. The minimum Gasteiger partial charge on any atom is -0.406 e. The molecule has 0 spiro atoms. The molecule has 1 heterocycles. The number of pyridine rings is 1. The molecule has 4 rings (SSSR count). The lowest BCUT2D eigenvalue weighted by Gasteiger charge is -2.11. The van der Waals surface area contributed by atoms with Crippen LogP contribution in [0.2, 0.25) is 10.0 Å². The Kier molecular flexibility index (Phi) is 4.80. The van der Waals surface area contributed by atoms with Crippen LogP contribution in [-0.4, -0.2) is 11.3 Å². The van der Waals surface area contributed by atoms with Crippen LogP contribution in [0.5, 0.6) is 5.75 Å². The molecule has 0 saturated carbocycles. The Morgan fingerprint density at radius 3 is 2.28 bits per heavy atom. The number of halogens is 5. The average Bonchev–Trinajstić information content (AvgIpc) is 2.61. The maximum Gasteiger partial charge on any atom is 0.573 e. The van der Waals surface area contributed by atoms with Gasteiger partial charge < -0.3 is 15.0 Å². The van der Waals surface area contributed by atoms with Crippen LogP contribution < -0.4 is 15.5 Å². The van der Waals surface area contributed by atoms with Gasteiger partial charge in [-0.15, -0.1) is 13.2 Å². The highest BCUT2D eigenvalue weighted by Crippen LogP contribution is 2.29. The van der Waals surface area contributed by atoms with Crippen LogP contribution in [0.3, 0.4) is 0 Å². The molecule has 1 aromatic heterocycles. The van der Waals surface area contributed by atoms with E-state index in [1.54, 1.807) is 24.3 Å². The van der Waals surface area contributed by atoms with Crippen molar-refractivity contribution in [3.8, 4) is 5.75 Å². The highest BCUT2D eigenvalue weighted by atomic mass is 35.5. The molecule has 0 unspecified atom stereocenters. The summed E-state index contributed by atoms with van der Waals surface area (Å²) in [6, 6.07) is 13.5. The van der Waals surface area contributed by atoms with Crippen molar-refractivity contribution < 1.29 is 17.9 Å². The molecular formula is C20H11Cl2F3N2O2. The second kappa shape index (κ2) is 7.17. The van der Waals surface area contributed by atoms with E-state index in [0.29, 0.717) is 38.2 Å². The van der Waals surface area contributed by atoms with Gasteiger partial charge >= 0.3 is 6.36 Å². The first-order chi connectivity index (χ1) is 13.7. The predicted molar refractivity (Wildman–Crippen MR) is 109 cm³/mol. The van der Waals surface area contributed by atoms with Gasteiger partial charge in [0.25, 0.3) is 0 Å². The lowest BCUT2D eigenvalue weighted by atomic mass is 10.1. The van der Waals surface area contributed by atoms with Gasteiger partial charge in [-0.1, -0.05) is 23.2 Å². The van der Waals surface area contributed by atoms with Gasteiger partial charge in [-0.2, -0.15) is 0 Å². The summed E-state index contributed by atoms with van der Waals surface area (Å²) in [5.41, 5.74) is 2.02. The molecule has 0 saturated heterocycles. The van der Waals surface area contributed by atoms with Gasteiger partial charge in [0.1, 0.15) is 5.75 Å². The fourth-order valence-corrected chi connectivity index (χ4v) is 3.59. The molecule has 4 nitrogen and oxygen atoms in total. The molecule has 0 aliphatic rings. The van der Waals surface area contributed by atoms with Gasteiger partial charge in [-0.05, 0) is 54.6 Å². The standard InChI is InChI=1S/C20H11Cl2F3N2O2/c21-10-7-15(22)18-17(8-10)27-16-9-12(3-6-14(16)19(18)28)26-11-1-4-13(5-2-11)29-20(23,24)25/h1-9,26H,(H,27,28). The maximum absolute atomic E-state index is 12.8. The van der Waals surface area contributed by atoms with Crippen LogP contribution in [0.4, 0.5) is 24.5 Å². The number of aromatic amines is 1. The Labute approximate surface area is 171 Å². The summed E-state index contributed by atoms with van der Waals surface area (Å²) in [6.45, 7) is 0. The molecule has 0 bridgehead atoms. The summed E-state index contributed by atoms with van der Waals surface area (Å²) in [6.07, 6.45) is -4.74. The fraction of sp³-hybridized carbons (Fsp3) is 0.0500. The third-order valence-electron chi connectivity index (χ3n) is 4.19. The quantitative estimate of drug-likeness (QED) is 0.353. The molecule has 0 radical (unpaired) electrons. The largest absolute Gasteiger partial charge is 0.573 e. The number of aromatic nitrogens is 1. The first kappa shape index (κ1) is 19.4.